The van der Waals surface area contributed by atoms with Gasteiger partial charge in [-0.3, -0.25) is 10.1 Å². The molecular weight excluding hydrogens is 212 g/mol. The maximum Gasteiger partial charge on any atom is 0.239 e. The molecule has 3 heteroatoms. The van der Waals surface area contributed by atoms with Gasteiger partial charge in [0.1, 0.15) is 0 Å². The molecule has 96 valence electrons. The smallest absolute Gasteiger partial charge is 0.239 e. The summed E-state index contributed by atoms with van der Waals surface area (Å²) in [6, 6.07) is 0.355. The fourth-order valence-electron chi connectivity index (χ4n) is 2.73. The molecule has 0 saturated carbocycles. The number of rotatable bonds is 3. The number of carbonyl (C=O) groups is 1. The first-order valence-electron chi connectivity index (χ1n) is 6.99. The number of hydrogen-bond acceptors (Lipinski definition) is 2. The lowest BCUT2D eigenvalue weighted by atomic mass is 10.0. The predicted molar refractivity (Wildman–Crippen MR) is 69.8 cm³/mol. The van der Waals surface area contributed by atoms with E-state index in [1.807, 2.05) is 11.8 Å². The van der Waals surface area contributed by atoms with Crippen molar-refractivity contribution in [2.75, 3.05) is 13.1 Å². The highest BCUT2D eigenvalue weighted by Gasteiger charge is 2.23. The second-order valence-corrected chi connectivity index (χ2v) is 5.24. The lowest BCUT2D eigenvalue weighted by Gasteiger charge is -2.31. The summed E-state index contributed by atoms with van der Waals surface area (Å²) in [5.41, 5.74) is 0. The number of allylic oxidation sites excluding steroid dienone is 1. The van der Waals surface area contributed by atoms with Crippen molar-refractivity contribution in [2.45, 2.75) is 57.5 Å². The average Bonchev–Trinajstić information content (AvgIpc) is 2.40. The fraction of sp³-hybridized carbons (Fsp3) is 0.786. The maximum atomic E-state index is 12.2. The number of hydrogen-bond donors (Lipinski definition) is 1. The van der Waals surface area contributed by atoms with Crippen molar-refractivity contribution in [1.29, 1.82) is 0 Å². The van der Waals surface area contributed by atoms with Gasteiger partial charge in [-0.15, -0.1) is 0 Å². The summed E-state index contributed by atoms with van der Waals surface area (Å²) in [6.45, 7) is 3.90. The van der Waals surface area contributed by atoms with Crippen LogP contribution >= 0.6 is 0 Å². The number of amides is 1. The molecule has 0 aromatic carbocycles. The molecule has 0 aromatic rings. The third-order valence-corrected chi connectivity index (χ3v) is 3.76. The lowest BCUT2D eigenvalue weighted by molar-refractivity contribution is -0.134. The molecule has 0 aromatic heterocycles. The van der Waals surface area contributed by atoms with Crippen LogP contribution < -0.4 is 5.32 Å². The van der Waals surface area contributed by atoms with E-state index in [4.69, 9.17) is 0 Å². The van der Waals surface area contributed by atoms with Crippen molar-refractivity contribution in [3.63, 3.8) is 0 Å². The summed E-state index contributed by atoms with van der Waals surface area (Å²) >= 11 is 0. The van der Waals surface area contributed by atoms with Crippen LogP contribution in [0.4, 0.5) is 0 Å². The summed E-state index contributed by atoms with van der Waals surface area (Å²) < 4.78 is 0. The monoisotopic (exact) mass is 236 g/mol. The average molecular weight is 236 g/mol. The second kappa shape index (κ2) is 6.20. The van der Waals surface area contributed by atoms with E-state index in [2.05, 4.69) is 17.5 Å². The minimum absolute atomic E-state index is 0.0409. The Kier molecular flexibility index (Phi) is 4.60. The number of nitrogens with zero attached hydrogens (tertiary/aromatic N) is 1. The van der Waals surface area contributed by atoms with Gasteiger partial charge in [0.05, 0.1) is 6.04 Å². The molecule has 2 atom stereocenters. The van der Waals surface area contributed by atoms with Crippen LogP contribution in [0.5, 0.6) is 0 Å². The summed E-state index contributed by atoms with van der Waals surface area (Å²) in [4.78, 5) is 14.2. The Balaban J connectivity index is 1.81. The highest BCUT2D eigenvalue weighted by molar-refractivity contribution is 5.81. The van der Waals surface area contributed by atoms with E-state index in [0.29, 0.717) is 6.04 Å². The molecular formula is C14H24N2O. The molecule has 0 bridgehead atoms. The van der Waals surface area contributed by atoms with Gasteiger partial charge < -0.3 is 4.90 Å². The Morgan fingerprint density at radius 1 is 1.29 bits per heavy atom. The third kappa shape index (κ3) is 3.56. The van der Waals surface area contributed by atoms with E-state index in [1.54, 1.807) is 0 Å². The van der Waals surface area contributed by atoms with Gasteiger partial charge >= 0.3 is 0 Å². The van der Waals surface area contributed by atoms with Crippen molar-refractivity contribution in [2.24, 2.45) is 0 Å². The van der Waals surface area contributed by atoms with Crippen LogP contribution in [0.1, 0.15) is 45.4 Å². The van der Waals surface area contributed by atoms with E-state index in [1.165, 1.54) is 32.1 Å². The summed E-state index contributed by atoms with van der Waals surface area (Å²) in [6.07, 6.45) is 11.6. The van der Waals surface area contributed by atoms with Crippen LogP contribution in [0.15, 0.2) is 12.2 Å². The van der Waals surface area contributed by atoms with Crippen molar-refractivity contribution < 1.29 is 4.79 Å². The van der Waals surface area contributed by atoms with E-state index in [9.17, 15) is 4.79 Å². The van der Waals surface area contributed by atoms with Gasteiger partial charge in [-0.05, 0) is 45.4 Å². The van der Waals surface area contributed by atoms with E-state index < -0.39 is 0 Å². The molecule has 0 radical (unpaired) electrons. The van der Waals surface area contributed by atoms with Crippen LogP contribution in [0.2, 0.25) is 0 Å². The normalized spacial score (nSPS) is 26.9. The van der Waals surface area contributed by atoms with E-state index in [-0.39, 0.29) is 11.9 Å². The zero-order valence-corrected chi connectivity index (χ0v) is 10.8. The van der Waals surface area contributed by atoms with Crippen LogP contribution in [-0.4, -0.2) is 36.0 Å². The lowest BCUT2D eigenvalue weighted by Crippen LogP contribution is -2.49. The molecule has 1 amide bonds. The molecule has 1 aliphatic heterocycles. The molecule has 1 saturated heterocycles. The van der Waals surface area contributed by atoms with Gasteiger partial charge in [-0.25, -0.2) is 0 Å². The zero-order valence-electron chi connectivity index (χ0n) is 10.8. The molecule has 17 heavy (non-hydrogen) atoms. The first-order valence-corrected chi connectivity index (χ1v) is 6.99. The van der Waals surface area contributed by atoms with Crippen molar-refractivity contribution in [1.82, 2.24) is 10.2 Å². The van der Waals surface area contributed by atoms with Crippen molar-refractivity contribution in [3.05, 3.63) is 12.2 Å². The molecule has 1 N–H and O–H groups in total. The fourth-order valence-corrected chi connectivity index (χ4v) is 2.73. The maximum absolute atomic E-state index is 12.2. The number of likely N-dealkylation sites (tertiary alicyclic amines) is 1. The molecule has 3 nitrogen and oxygen atoms in total. The largest absolute Gasteiger partial charge is 0.341 e. The third-order valence-electron chi connectivity index (χ3n) is 3.76. The van der Waals surface area contributed by atoms with Crippen LogP contribution in [0, 0.1) is 0 Å². The number of nitrogens with one attached hydrogen (secondary N) is 1. The Morgan fingerprint density at radius 3 is 2.71 bits per heavy atom. The molecule has 2 unspecified atom stereocenters. The van der Waals surface area contributed by atoms with Crippen LogP contribution in [0.3, 0.4) is 0 Å². The Bertz CT molecular complexity index is 282. The second-order valence-electron chi connectivity index (χ2n) is 5.24. The quantitative estimate of drug-likeness (QED) is 0.761. The Morgan fingerprint density at radius 2 is 2.06 bits per heavy atom. The molecule has 0 spiro atoms. The van der Waals surface area contributed by atoms with E-state index >= 15 is 0 Å². The summed E-state index contributed by atoms with van der Waals surface area (Å²) in [7, 11) is 0. The van der Waals surface area contributed by atoms with Crippen LogP contribution in [0.25, 0.3) is 0 Å². The van der Waals surface area contributed by atoms with Crippen LogP contribution in [-0.2, 0) is 4.79 Å². The van der Waals surface area contributed by atoms with Crippen molar-refractivity contribution in [3.8, 4) is 0 Å². The SMILES string of the molecule is CC(NC1C=CCCC1)C(=O)N1CCCCC1. The van der Waals surface area contributed by atoms with Gasteiger partial charge in [0.15, 0.2) is 0 Å². The topological polar surface area (TPSA) is 32.3 Å². The van der Waals surface area contributed by atoms with Gasteiger partial charge in [-0.1, -0.05) is 12.2 Å². The molecule has 1 fully saturated rings. The molecule has 2 aliphatic rings. The highest BCUT2D eigenvalue weighted by Crippen LogP contribution is 2.13. The minimum Gasteiger partial charge on any atom is -0.341 e. The molecule has 1 heterocycles. The first kappa shape index (κ1) is 12.6. The first-order chi connectivity index (χ1) is 8.27. The minimum atomic E-state index is -0.0409. The molecule has 1 aliphatic carbocycles. The Hall–Kier alpha value is -0.830. The van der Waals surface area contributed by atoms with E-state index in [0.717, 1.165) is 19.5 Å². The molecule has 2 rings (SSSR count). The van der Waals surface area contributed by atoms with Gasteiger partial charge in [0.2, 0.25) is 5.91 Å². The van der Waals surface area contributed by atoms with Crippen molar-refractivity contribution >= 4 is 5.91 Å². The summed E-state index contributed by atoms with van der Waals surface area (Å²) in [5.74, 6) is 0.281. The zero-order chi connectivity index (χ0) is 12.1. The predicted octanol–water partition coefficient (Wildman–Crippen LogP) is 2.09. The van der Waals surface area contributed by atoms with Gasteiger partial charge in [-0.2, -0.15) is 0 Å². The number of piperidine rings is 1. The standard InChI is InChI=1S/C14H24N2O/c1-12(15-13-8-4-2-5-9-13)14(17)16-10-6-3-7-11-16/h4,8,12-13,15H,2-3,5-7,9-11H2,1H3. The highest BCUT2D eigenvalue weighted by atomic mass is 16.2. The Labute approximate surface area is 104 Å². The summed E-state index contributed by atoms with van der Waals surface area (Å²) in [5, 5.41) is 3.44. The van der Waals surface area contributed by atoms with Gasteiger partial charge in [0.25, 0.3) is 0 Å². The van der Waals surface area contributed by atoms with Gasteiger partial charge in [0, 0.05) is 19.1 Å². The number of carbonyl (C=O) groups excluding carboxylic acids is 1.